The van der Waals surface area contributed by atoms with Gasteiger partial charge in [0, 0.05) is 0 Å². The SMILES string of the molecule is CCCCCCOc1cc2/c(cc1OCCCCCC)=C\C=c1/cc(OCCCCCC)c(OCCCCCC)c/c1=C/C=c1\cc(OCCCCCC)c(OCCCCCC)c\c1=C\C=2. The molecule has 366 valence electrons. The van der Waals surface area contributed by atoms with Crippen molar-refractivity contribution >= 4 is 36.5 Å². The molecule has 0 unspecified atom stereocenters. The van der Waals surface area contributed by atoms with Gasteiger partial charge in [0.1, 0.15) is 0 Å². The Kier molecular flexibility index (Phi) is 28.0. The number of benzene rings is 3. The predicted molar refractivity (Wildman–Crippen MR) is 282 cm³/mol. The van der Waals surface area contributed by atoms with Gasteiger partial charge in [-0.05, 0) is 106 Å². The van der Waals surface area contributed by atoms with Crippen LogP contribution in [0.25, 0.3) is 36.5 Å². The van der Waals surface area contributed by atoms with Crippen LogP contribution in [0, 0.1) is 0 Å². The molecule has 0 saturated heterocycles. The van der Waals surface area contributed by atoms with E-state index in [9.17, 15) is 0 Å². The maximum absolute atomic E-state index is 6.58. The predicted octanol–water partition coefficient (Wildman–Crippen LogP) is 12.5. The van der Waals surface area contributed by atoms with Gasteiger partial charge in [-0.3, -0.25) is 0 Å². The molecular formula is C60H90O6. The lowest BCUT2D eigenvalue weighted by atomic mass is 10.1. The third-order valence-corrected chi connectivity index (χ3v) is 12.3. The normalized spacial score (nSPS) is 15.0. The van der Waals surface area contributed by atoms with Crippen molar-refractivity contribution < 1.29 is 28.4 Å². The lowest BCUT2D eigenvalue weighted by Gasteiger charge is -2.14. The van der Waals surface area contributed by atoms with Gasteiger partial charge in [0.15, 0.2) is 34.5 Å². The number of hydrogen-bond acceptors (Lipinski definition) is 6. The number of ether oxygens (including phenoxy) is 6. The zero-order valence-corrected chi connectivity index (χ0v) is 42.6. The van der Waals surface area contributed by atoms with Crippen LogP contribution in [0.2, 0.25) is 0 Å². The van der Waals surface area contributed by atoms with Crippen molar-refractivity contribution in [2.75, 3.05) is 39.6 Å². The molecule has 6 nitrogen and oxygen atoms in total. The molecule has 0 aromatic heterocycles. The zero-order valence-electron chi connectivity index (χ0n) is 42.6. The van der Waals surface area contributed by atoms with Crippen molar-refractivity contribution in [2.45, 2.75) is 196 Å². The lowest BCUT2D eigenvalue weighted by molar-refractivity contribution is 0.258. The molecule has 0 N–H and O–H groups in total. The summed E-state index contributed by atoms with van der Waals surface area (Å²) in [5.41, 5.74) is 0. The molecule has 0 radical (unpaired) electrons. The average molecular weight is 907 g/mol. The molecular weight excluding hydrogens is 817 g/mol. The Labute approximate surface area is 400 Å². The van der Waals surface area contributed by atoms with E-state index in [0.717, 1.165) is 143 Å². The van der Waals surface area contributed by atoms with Gasteiger partial charge >= 0.3 is 0 Å². The van der Waals surface area contributed by atoms with Gasteiger partial charge in [0.2, 0.25) is 0 Å². The minimum absolute atomic E-state index is 0.663. The molecule has 0 atom stereocenters. The zero-order chi connectivity index (χ0) is 46.9. The quantitative estimate of drug-likeness (QED) is 0.0542. The maximum Gasteiger partial charge on any atom is 0.161 e. The minimum Gasteiger partial charge on any atom is -0.490 e. The van der Waals surface area contributed by atoms with Gasteiger partial charge in [0.25, 0.3) is 0 Å². The van der Waals surface area contributed by atoms with Crippen LogP contribution < -0.4 is 59.7 Å². The molecule has 0 spiro atoms. The standard InChI is InChI=1S/C60H90O6/c1-7-13-19-25-37-61-55-43-49-31-32-51-45-57(63-39-27-21-15-9-3)59(65-41-29-23-17-11-5)47-53(51)35-36-54-48-60(66-42-30-24-18-12-6)58(64-40-28-22-16-10-4)46-52(54)34-33-50(49)44-56(55)62-38-26-20-14-8-2/h31-36,43-48H,7-30,37-42H2,1-6H3/b32-31?,34-33?,36-35?,49-31-,50-33-,51-32-,52-34+,53-35+,54-36-. The topological polar surface area (TPSA) is 55.4 Å². The van der Waals surface area contributed by atoms with Crippen molar-refractivity contribution in [1.82, 2.24) is 0 Å². The van der Waals surface area contributed by atoms with E-state index in [1.165, 1.54) is 77.0 Å². The van der Waals surface area contributed by atoms with Gasteiger partial charge < -0.3 is 28.4 Å². The van der Waals surface area contributed by atoms with Crippen molar-refractivity contribution in [1.29, 1.82) is 0 Å². The van der Waals surface area contributed by atoms with E-state index < -0.39 is 0 Å². The fourth-order valence-electron chi connectivity index (χ4n) is 8.12. The molecule has 3 aromatic carbocycles. The highest BCUT2D eigenvalue weighted by molar-refractivity contribution is 5.71. The average Bonchev–Trinajstić information content (AvgIpc) is 3.32. The van der Waals surface area contributed by atoms with E-state index in [1.807, 2.05) is 0 Å². The second kappa shape index (κ2) is 34.0. The first-order chi connectivity index (χ1) is 32.5. The molecule has 0 bridgehead atoms. The van der Waals surface area contributed by atoms with E-state index in [0.29, 0.717) is 39.6 Å². The molecule has 0 heterocycles. The van der Waals surface area contributed by atoms with Gasteiger partial charge in [-0.15, -0.1) is 0 Å². The molecule has 0 saturated carbocycles. The number of fused-ring (bicyclic) bond motifs is 3. The summed E-state index contributed by atoms with van der Waals surface area (Å²) in [5, 5.41) is 6.35. The Balaban J connectivity index is 1.99. The Morgan fingerprint density at radius 2 is 0.364 bits per heavy atom. The Hall–Kier alpha value is -4.32. The largest absolute Gasteiger partial charge is 0.490 e. The van der Waals surface area contributed by atoms with E-state index in [-0.39, 0.29) is 0 Å². The van der Waals surface area contributed by atoms with Gasteiger partial charge in [0.05, 0.1) is 39.6 Å². The third kappa shape index (κ3) is 20.3. The second-order valence-electron chi connectivity index (χ2n) is 18.2. The monoisotopic (exact) mass is 907 g/mol. The molecule has 0 aliphatic heterocycles. The van der Waals surface area contributed by atoms with Crippen LogP contribution in [-0.4, -0.2) is 39.6 Å². The summed E-state index contributed by atoms with van der Waals surface area (Å²) in [6.45, 7) is 17.5. The first-order valence-corrected chi connectivity index (χ1v) is 26.9. The Morgan fingerprint density at radius 3 is 0.500 bits per heavy atom. The van der Waals surface area contributed by atoms with Crippen LogP contribution in [-0.2, 0) is 0 Å². The lowest BCUT2D eigenvalue weighted by Crippen LogP contribution is -2.30. The van der Waals surface area contributed by atoms with E-state index >= 15 is 0 Å². The van der Waals surface area contributed by atoms with E-state index in [4.69, 9.17) is 28.4 Å². The number of rotatable bonds is 36. The number of unbranched alkanes of at least 4 members (excludes halogenated alkanes) is 18. The molecule has 4 rings (SSSR count). The van der Waals surface area contributed by atoms with Gasteiger partial charge in [-0.1, -0.05) is 194 Å². The second-order valence-corrected chi connectivity index (χ2v) is 18.2. The van der Waals surface area contributed by atoms with Gasteiger partial charge in [-0.2, -0.15) is 0 Å². The summed E-state index contributed by atoms with van der Waals surface area (Å²) in [5.74, 6) is 4.80. The van der Waals surface area contributed by atoms with Crippen molar-refractivity contribution in [3.63, 3.8) is 0 Å². The van der Waals surface area contributed by atoms with Crippen molar-refractivity contribution in [2.24, 2.45) is 0 Å². The van der Waals surface area contributed by atoms with Crippen LogP contribution in [0.4, 0.5) is 0 Å². The molecule has 1 aliphatic rings. The summed E-state index contributed by atoms with van der Waals surface area (Å²) in [7, 11) is 0. The number of hydrogen-bond donors (Lipinski definition) is 0. The summed E-state index contributed by atoms with van der Waals surface area (Å²) < 4.78 is 39.5. The Bertz CT molecular complexity index is 1770. The Morgan fingerprint density at radius 1 is 0.212 bits per heavy atom. The molecule has 66 heavy (non-hydrogen) atoms. The minimum atomic E-state index is 0.663. The summed E-state index contributed by atoms with van der Waals surface area (Å²) in [4.78, 5) is 0. The first kappa shape index (κ1) is 54.3. The summed E-state index contributed by atoms with van der Waals surface area (Å²) >= 11 is 0. The summed E-state index contributed by atoms with van der Waals surface area (Å²) in [6.07, 6.45) is 40.8. The van der Waals surface area contributed by atoms with Gasteiger partial charge in [-0.25, -0.2) is 0 Å². The van der Waals surface area contributed by atoms with Crippen LogP contribution in [0.5, 0.6) is 34.5 Å². The molecule has 6 heteroatoms. The van der Waals surface area contributed by atoms with Crippen molar-refractivity contribution in [3.05, 3.63) is 67.7 Å². The molecule has 0 fully saturated rings. The van der Waals surface area contributed by atoms with E-state index in [1.54, 1.807) is 0 Å². The van der Waals surface area contributed by atoms with E-state index in [2.05, 4.69) is 114 Å². The molecule has 1 aliphatic carbocycles. The maximum atomic E-state index is 6.58. The highest BCUT2D eigenvalue weighted by Crippen LogP contribution is 2.27. The van der Waals surface area contributed by atoms with Crippen LogP contribution >= 0.6 is 0 Å². The van der Waals surface area contributed by atoms with Crippen LogP contribution in [0.15, 0.2) is 36.4 Å². The van der Waals surface area contributed by atoms with Crippen LogP contribution in [0.1, 0.15) is 196 Å². The fraction of sp³-hybridized carbons (Fsp3) is 0.600. The molecule has 3 aromatic rings. The molecule has 0 amide bonds. The third-order valence-electron chi connectivity index (χ3n) is 12.3. The highest BCUT2D eigenvalue weighted by atomic mass is 16.5. The smallest absolute Gasteiger partial charge is 0.161 e. The first-order valence-electron chi connectivity index (χ1n) is 26.9. The van der Waals surface area contributed by atoms with Crippen molar-refractivity contribution in [3.8, 4) is 34.5 Å². The summed E-state index contributed by atoms with van der Waals surface area (Å²) in [6, 6.07) is 13.1. The fourth-order valence-corrected chi connectivity index (χ4v) is 8.12. The highest BCUT2D eigenvalue weighted by Gasteiger charge is 2.11. The van der Waals surface area contributed by atoms with Crippen LogP contribution in [0.3, 0.4) is 0 Å².